The molecule has 6 heteroatoms. The van der Waals surface area contributed by atoms with E-state index >= 15 is 0 Å². The molecule has 0 bridgehead atoms. The molecule has 0 spiro atoms. The van der Waals surface area contributed by atoms with Gasteiger partial charge in [0.15, 0.2) is 0 Å². The summed E-state index contributed by atoms with van der Waals surface area (Å²) in [5, 5.41) is 3.97. The highest BCUT2D eigenvalue weighted by atomic mass is 16.5. The molecule has 2 aromatic rings. The number of rotatable bonds is 5. The van der Waals surface area contributed by atoms with E-state index in [4.69, 9.17) is 4.74 Å². The fourth-order valence-electron chi connectivity index (χ4n) is 3.74. The number of ether oxygens (including phenoxy) is 1. The van der Waals surface area contributed by atoms with Crippen LogP contribution in [0.15, 0.2) is 30.5 Å². The smallest absolute Gasteiger partial charge is 0.311 e. The van der Waals surface area contributed by atoms with Crippen LogP contribution < -0.4 is 5.32 Å². The van der Waals surface area contributed by atoms with Gasteiger partial charge < -0.3 is 19.9 Å². The molecule has 0 saturated carbocycles. The van der Waals surface area contributed by atoms with Crippen molar-refractivity contribution in [1.29, 1.82) is 0 Å². The molecular weight excluding hydrogens is 342 g/mol. The Labute approximate surface area is 160 Å². The Morgan fingerprint density at radius 3 is 2.93 bits per heavy atom. The zero-order valence-corrected chi connectivity index (χ0v) is 16.3. The number of nitrogens with zero attached hydrogens (tertiary/aromatic N) is 1. The van der Waals surface area contributed by atoms with Crippen LogP contribution in [0, 0.1) is 5.92 Å². The highest BCUT2D eigenvalue weighted by molar-refractivity contribution is 6.35. The molecular formula is C21H29N3O3. The largest absolute Gasteiger partial charge is 0.378 e. The molecule has 2 atom stereocenters. The van der Waals surface area contributed by atoms with Gasteiger partial charge in [-0.2, -0.15) is 0 Å². The summed E-state index contributed by atoms with van der Waals surface area (Å²) in [7, 11) is 1.67. The molecule has 1 saturated heterocycles. The Hall–Kier alpha value is -2.34. The summed E-state index contributed by atoms with van der Waals surface area (Å²) in [6, 6.07) is 7.91. The fourth-order valence-corrected chi connectivity index (χ4v) is 3.74. The van der Waals surface area contributed by atoms with Crippen LogP contribution in [0.2, 0.25) is 0 Å². The molecule has 146 valence electrons. The Balaban J connectivity index is 1.56. The number of aromatic nitrogens is 1. The summed E-state index contributed by atoms with van der Waals surface area (Å²) in [5.41, 5.74) is 2.04. The quantitative estimate of drug-likeness (QED) is 0.794. The molecule has 1 fully saturated rings. The van der Waals surface area contributed by atoms with Gasteiger partial charge in [-0.15, -0.1) is 0 Å². The minimum absolute atomic E-state index is 0.000422. The van der Waals surface area contributed by atoms with E-state index in [1.807, 2.05) is 30.5 Å². The highest BCUT2D eigenvalue weighted by Gasteiger charge is 2.27. The zero-order chi connectivity index (χ0) is 19.4. The fraction of sp³-hybridized carbons (Fsp3) is 0.524. The second-order valence-electron chi connectivity index (χ2n) is 7.83. The number of benzene rings is 1. The van der Waals surface area contributed by atoms with Gasteiger partial charge in [0.25, 0.3) is 0 Å². The molecule has 1 aromatic carbocycles. The molecule has 2 heterocycles. The first-order valence-electron chi connectivity index (χ1n) is 9.66. The van der Waals surface area contributed by atoms with E-state index in [1.54, 1.807) is 7.05 Å². The number of amides is 2. The van der Waals surface area contributed by atoms with Crippen molar-refractivity contribution in [3.8, 4) is 0 Å². The van der Waals surface area contributed by atoms with Crippen LogP contribution in [0.25, 0.3) is 10.9 Å². The van der Waals surface area contributed by atoms with Crippen LogP contribution in [-0.4, -0.2) is 47.5 Å². The van der Waals surface area contributed by atoms with Crippen molar-refractivity contribution < 1.29 is 14.3 Å². The van der Waals surface area contributed by atoms with E-state index in [2.05, 4.69) is 24.1 Å². The molecule has 1 aliphatic rings. The molecule has 0 radical (unpaired) electrons. The lowest BCUT2D eigenvalue weighted by Gasteiger charge is -2.31. The number of fused-ring (bicyclic) bond motifs is 1. The van der Waals surface area contributed by atoms with Gasteiger partial charge in [0, 0.05) is 43.3 Å². The van der Waals surface area contributed by atoms with E-state index < -0.39 is 11.8 Å². The van der Waals surface area contributed by atoms with Crippen LogP contribution in [-0.2, 0) is 20.9 Å². The van der Waals surface area contributed by atoms with Gasteiger partial charge in [-0.1, -0.05) is 26.0 Å². The van der Waals surface area contributed by atoms with Crippen LogP contribution in [0.3, 0.4) is 0 Å². The minimum Gasteiger partial charge on any atom is -0.378 e. The van der Waals surface area contributed by atoms with Crippen molar-refractivity contribution in [2.75, 3.05) is 13.7 Å². The third kappa shape index (κ3) is 4.89. The second-order valence-corrected chi connectivity index (χ2v) is 7.83. The Bertz CT molecular complexity index is 799. The number of hydrogen-bond acceptors (Lipinski definition) is 3. The van der Waals surface area contributed by atoms with Crippen molar-refractivity contribution in [3.05, 3.63) is 36.0 Å². The lowest BCUT2D eigenvalue weighted by Crippen LogP contribution is -2.48. The number of carbonyl (C=O) groups is 2. The average molecular weight is 371 g/mol. The summed E-state index contributed by atoms with van der Waals surface area (Å²) in [6.45, 7) is 5.34. The first-order valence-corrected chi connectivity index (χ1v) is 9.66. The van der Waals surface area contributed by atoms with E-state index in [0.717, 1.165) is 35.7 Å². The van der Waals surface area contributed by atoms with Crippen LogP contribution in [0.4, 0.5) is 0 Å². The SMILES string of the molecule is CC(C)CC1CC(NC(=O)C(=O)N(C)Cc2cccc3[nH]ccc23)CCO1. The standard InChI is InChI=1S/C21H29N3O3/c1-14(2)11-17-12-16(8-10-27-17)23-20(25)21(26)24(3)13-15-5-4-6-19-18(15)7-9-22-19/h4-7,9,14,16-17,22H,8,10-13H2,1-3H3,(H,23,25). The molecule has 3 rings (SSSR count). The van der Waals surface area contributed by atoms with E-state index in [9.17, 15) is 9.59 Å². The predicted octanol–water partition coefficient (Wildman–Crippen LogP) is 2.84. The van der Waals surface area contributed by atoms with E-state index in [0.29, 0.717) is 19.1 Å². The van der Waals surface area contributed by atoms with Crippen molar-refractivity contribution in [3.63, 3.8) is 0 Å². The molecule has 1 aliphatic heterocycles. The molecule has 1 aromatic heterocycles. The number of aromatic amines is 1. The van der Waals surface area contributed by atoms with Crippen molar-refractivity contribution in [1.82, 2.24) is 15.2 Å². The number of likely N-dealkylation sites (N-methyl/N-ethyl adjacent to an activating group) is 1. The zero-order valence-electron chi connectivity index (χ0n) is 16.3. The van der Waals surface area contributed by atoms with Crippen molar-refractivity contribution in [2.45, 2.75) is 51.8 Å². The summed E-state index contributed by atoms with van der Waals surface area (Å²) in [4.78, 5) is 29.6. The van der Waals surface area contributed by atoms with Crippen molar-refractivity contribution >= 4 is 22.7 Å². The third-order valence-electron chi connectivity index (χ3n) is 5.07. The van der Waals surface area contributed by atoms with Crippen LogP contribution >= 0.6 is 0 Å². The van der Waals surface area contributed by atoms with Crippen molar-refractivity contribution in [2.24, 2.45) is 5.92 Å². The molecule has 27 heavy (non-hydrogen) atoms. The predicted molar refractivity (Wildman–Crippen MR) is 105 cm³/mol. The third-order valence-corrected chi connectivity index (χ3v) is 5.07. The number of H-pyrrole nitrogens is 1. The first kappa shape index (κ1) is 19.4. The maximum Gasteiger partial charge on any atom is 0.311 e. The normalized spacial score (nSPS) is 20.0. The summed E-state index contributed by atoms with van der Waals surface area (Å²) < 4.78 is 5.77. The molecule has 2 amide bonds. The Kier molecular flexibility index (Phi) is 6.16. The summed E-state index contributed by atoms with van der Waals surface area (Å²) >= 11 is 0. The molecule has 6 nitrogen and oxygen atoms in total. The van der Waals surface area contributed by atoms with Crippen LogP contribution in [0.5, 0.6) is 0 Å². The number of carbonyl (C=O) groups excluding carboxylic acids is 2. The lowest BCUT2D eigenvalue weighted by atomic mass is 9.96. The molecule has 0 aliphatic carbocycles. The summed E-state index contributed by atoms with van der Waals surface area (Å²) in [6.07, 6.45) is 4.52. The molecule has 2 unspecified atom stereocenters. The van der Waals surface area contributed by atoms with Crippen LogP contribution in [0.1, 0.15) is 38.7 Å². The van der Waals surface area contributed by atoms with Gasteiger partial charge in [0.05, 0.1) is 6.10 Å². The minimum atomic E-state index is -0.533. The second kappa shape index (κ2) is 8.57. The van der Waals surface area contributed by atoms with Gasteiger partial charge in [0.2, 0.25) is 0 Å². The monoisotopic (exact) mass is 371 g/mol. The maximum absolute atomic E-state index is 12.5. The van der Waals surface area contributed by atoms with E-state index in [1.165, 1.54) is 4.90 Å². The number of nitrogens with one attached hydrogen (secondary N) is 2. The van der Waals surface area contributed by atoms with Gasteiger partial charge in [-0.05, 0) is 42.9 Å². The van der Waals surface area contributed by atoms with Gasteiger partial charge in [-0.3, -0.25) is 9.59 Å². The number of hydrogen-bond donors (Lipinski definition) is 2. The topological polar surface area (TPSA) is 74.4 Å². The van der Waals surface area contributed by atoms with E-state index in [-0.39, 0.29) is 12.1 Å². The highest BCUT2D eigenvalue weighted by Crippen LogP contribution is 2.21. The first-order chi connectivity index (χ1) is 12.9. The Morgan fingerprint density at radius 2 is 2.15 bits per heavy atom. The average Bonchev–Trinajstić information content (AvgIpc) is 3.10. The maximum atomic E-state index is 12.5. The summed E-state index contributed by atoms with van der Waals surface area (Å²) in [5.74, 6) is -0.489. The van der Waals surface area contributed by atoms with Gasteiger partial charge in [-0.25, -0.2) is 0 Å². The van der Waals surface area contributed by atoms with Gasteiger partial charge >= 0.3 is 11.8 Å². The Morgan fingerprint density at radius 1 is 1.33 bits per heavy atom. The lowest BCUT2D eigenvalue weighted by molar-refractivity contribution is -0.146. The molecule has 2 N–H and O–H groups in total. The van der Waals surface area contributed by atoms with Gasteiger partial charge in [0.1, 0.15) is 0 Å².